The smallest absolute Gasteiger partial charge is 0.162 e. The van der Waals surface area contributed by atoms with Gasteiger partial charge in [-0.1, -0.05) is 112 Å². The molecule has 4 rings (SSSR count). The zero-order chi connectivity index (χ0) is 30.9. The summed E-state index contributed by atoms with van der Waals surface area (Å²) in [4.78, 5) is 20.2. The SMILES string of the molecule is C.C=Cc1nc(/C=C/C)ccc1N1CCC(C(CCC)CCCC(=O)C2=CCC(CC)C=C2)[C@@H](CC)C1.CC.CC1CC1.I. The van der Waals surface area contributed by atoms with Crippen molar-refractivity contribution in [3.8, 4) is 0 Å². The predicted octanol–water partition coefficient (Wildman–Crippen LogP) is 12.4. The molecule has 250 valence electrons. The molecule has 44 heavy (non-hydrogen) atoms. The summed E-state index contributed by atoms with van der Waals surface area (Å²) in [6.45, 7) is 21.4. The molecular weight excluding hydrogens is 651 g/mol. The van der Waals surface area contributed by atoms with Crippen molar-refractivity contribution in [2.24, 2.45) is 29.6 Å². The van der Waals surface area contributed by atoms with E-state index in [1.54, 1.807) is 0 Å². The second-order valence-electron chi connectivity index (χ2n) is 12.4. The second kappa shape index (κ2) is 23.6. The van der Waals surface area contributed by atoms with Crippen LogP contribution in [0.15, 0.2) is 48.6 Å². The standard InChI is InChI=1S/C33H48N2O.C4H8.C2H6.CH4.HI/c1-6-12-27(14-11-15-33(36)28-18-16-25(8-3)17-19-28)30-22-23-35(24-26(30)9-4)32-21-20-29(13-7-2)34-31(32)10-5;1-4-2-3-4;1-2;;/h7,10,13,16,18-21,25-27,30H,5-6,8-9,11-12,14-15,17,22-24H2,1-4H3;4H,2-3H2,1H3;1-2H3;1H4;1H/b13-7+;;;;/t25?,26-,27?,30?;;;;/m0..../s1. The molecule has 0 amide bonds. The average Bonchev–Trinajstić information content (AvgIpc) is 3.83. The molecule has 0 bridgehead atoms. The van der Waals surface area contributed by atoms with Crippen LogP contribution in [0.1, 0.15) is 138 Å². The van der Waals surface area contributed by atoms with Gasteiger partial charge in [-0.3, -0.25) is 4.79 Å². The number of carbonyl (C=O) groups is 1. The van der Waals surface area contributed by atoms with Crippen LogP contribution in [-0.4, -0.2) is 23.9 Å². The minimum absolute atomic E-state index is 0. The van der Waals surface area contributed by atoms with Crippen LogP contribution in [0.25, 0.3) is 12.2 Å². The second-order valence-corrected chi connectivity index (χ2v) is 12.4. The summed E-state index contributed by atoms with van der Waals surface area (Å²) in [7, 11) is 0. The summed E-state index contributed by atoms with van der Waals surface area (Å²) in [6, 6.07) is 4.34. The topological polar surface area (TPSA) is 33.2 Å². The number of carbonyl (C=O) groups excluding carboxylic acids is 1. The summed E-state index contributed by atoms with van der Waals surface area (Å²) >= 11 is 0. The Morgan fingerprint density at radius 2 is 1.82 bits per heavy atom. The van der Waals surface area contributed by atoms with Crippen molar-refractivity contribution in [1.29, 1.82) is 0 Å². The monoisotopic (exact) mass is 718 g/mol. The summed E-state index contributed by atoms with van der Waals surface area (Å²) in [5, 5.41) is 0. The number of Topliss-reactive ketones (excluding diaryl/α,β-unsaturated/α-hetero) is 1. The van der Waals surface area contributed by atoms with Crippen molar-refractivity contribution in [3.05, 3.63) is 60.0 Å². The Hall–Kier alpha value is -1.69. The summed E-state index contributed by atoms with van der Waals surface area (Å²) in [6.07, 6.45) is 25.4. The van der Waals surface area contributed by atoms with Gasteiger partial charge in [0.25, 0.3) is 0 Å². The van der Waals surface area contributed by atoms with Gasteiger partial charge in [0.2, 0.25) is 0 Å². The van der Waals surface area contributed by atoms with Crippen molar-refractivity contribution in [2.75, 3.05) is 18.0 Å². The van der Waals surface area contributed by atoms with Crippen molar-refractivity contribution < 1.29 is 4.79 Å². The molecule has 0 aromatic carbocycles. The van der Waals surface area contributed by atoms with Crippen LogP contribution in [0, 0.1) is 29.6 Å². The van der Waals surface area contributed by atoms with Crippen molar-refractivity contribution >= 4 is 47.6 Å². The van der Waals surface area contributed by atoms with Crippen molar-refractivity contribution in [3.63, 3.8) is 0 Å². The quantitative estimate of drug-likeness (QED) is 0.190. The van der Waals surface area contributed by atoms with E-state index in [9.17, 15) is 4.79 Å². The van der Waals surface area contributed by atoms with E-state index in [1.807, 2.05) is 39.0 Å². The highest BCUT2D eigenvalue weighted by atomic mass is 127. The van der Waals surface area contributed by atoms with Gasteiger partial charge in [0.15, 0.2) is 5.78 Å². The molecular formula is C40H67IN2O. The third-order valence-electron chi connectivity index (χ3n) is 9.26. The molecule has 4 atom stereocenters. The molecule has 2 heterocycles. The van der Waals surface area contributed by atoms with Gasteiger partial charge in [-0.15, -0.1) is 24.0 Å². The number of rotatable bonds is 13. The Balaban J connectivity index is 0.00000210. The van der Waals surface area contributed by atoms with Gasteiger partial charge in [0.05, 0.1) is 17.1 Å². The van der Waals surface area contributed by atoms with E-state index >= 15 is 0 Å². The third kappa shape index (κ3) is 13.7. The van der Waals surface area contributed by atoms with Crippen LogP contribution >= 0.6 is 24.0 Å². The summed E-state index contributed by atoms with van der Waals surface area (Å²) in [5.74, 6) is 4.15. The van der Waals surface area contributed by atoms with E-state index in [0.717, 1.165) is 61.1 Å². The molecule has 2 fully saturated rings. The first-order valence-corrected chi connectivity index (χ1v) is 17.4. The van der Waals surface area contributed by atoms with E-state index in [0.29, 0.717) is 30.0 Å². The fourth-order valence-corrected chi connectivity index (χ4v) is 6.44. The summed E-state index contributed by atoms with van der Waals surface area (Å²) in [5.41, 5.74) is 4.13. The number of piperidine rings is 1. The van der Waals surface area contributed by atoms with Crippen LogP contribution in [-0.2, 0) is 4.79 Å². The van der Waals surface area contributed by atoms with E-state index in [-0.39, 0.29) is 31.4 Å². The maximum Gasteiger partial charge on any atom is 0.162 e. The Morgan fingerprint density at radius 3 is 2.34 bits per heavy atom. The first-order chi connectivity index (χ1) is 20.4. The number of anilines is 1. The summed E-state index contributed by atoms with van der Waals surface area (Å²) < 4.78 is 0. The van der Waals surface area contributed by atoms with Gasteiger partial charge in [0.1, 0.15) is 0 Å². The molecule has 0 radical (unpaired) electrons. The van der Waals surface area contributed by atoms with Crippen LogP contribution < -0.4 is 4.90 Å². The lowest BCUT2D eigenvalue weighted by Gasteiger charge is -2.43. The largest absolute Gasteiger partial charge is 0.369 e. The number of allylic oxidation sites excluding steroid dienone is 5. The first-order valence-electron chi connectivity index (χ1n) is 17.4. The molecule has 1 saturated carbocycles. The first kappa shape index (κ1) is 42.3. The molecule has 1 saturated heterocycles. The number of halogens is 1. The number of pyridine rings is 1. The zero-order valence-corrected chi connectivity index (χ0v) is 30.9. The third-order valence-corrected chi connectivity index (χ3v) is 9.26. The van der Waals surface area contributed by atoms with E-state index in [4.69, 9.17) is 4.98 Å². The van der Waals surface area contributed by atoms with Crippen molar-refractivity contribution in [2.45, 2.75) is 127 Å². The van der Waals surface area contributed by atoms with Gasteiger partial charge < -0.3 is 4.90 Å². The molecule has 3 nitrogen and oxygen atoms in total. The van der Waals surface area contributed by atoms with Crippen LogP contribution in [0.3, 0.4) is 0 Å². The molecule has 1 aromatic heterocycles. The van der Waals surface area contributed by atoms with E-state index in [2.05, 4.69) is 69.5 Å². The van der Waals surface area contributed by atoms with Gasteiger partial charge in [0, 0.05) is 25.1 Å². The molecule has 3 unspecified atom stereocenters. The minimum Gasteiger partial charge on any atom is -0.369 e. The lowest BCUT2D eigenvalue weighted by molar-refractivity contribution is -0.115. The molecule has 4 heteroatoms. The molecule has 3 aliphatic rings. The van der Waals surface area contributed by atoms with Crippen LogP contribution in [0.2, 0.25) is 0 Å². The van der Waals surface area contributed by atoms with E-state index < -0.39 is 0 Å². The normalized spacial score (nSPS) is 21.4. The fourth-order valence-electron chi connectivity index (χ4n) is 6.44. The Labute approximate surface area is 290 Å². The Kier molecular flexibility index (Phi) is 22.7. The molecule has 2 aliphatic carbocycles. The van der Waals surface area contributed by atoms with Gasteiger partial charge >= 0.3 is 0 Å². The van der Waals surface area contributed by atoms with E-state index in [1.165, 1.54) is 50.6 Å². The molecule has 1 aliphatic heterocycles. The maximum absolute atomic E-state index is 12.8. The maximum atomic E-state index is 12.8. The number of hydrogen-bond donors (Lipinski definition) is 0. The van der Waals surface area contributed by atoms with Crippen LogP contribution in [0.5, 0.6) is 0 Å². The number of nitrogens with zero attached hydrogens (tertiary/aromatic N) is 2. The Bertz CT molecular complexity index is 1040. The molecule has 1 aromatic rings. The van der Waals surface area contributed by atoms with Crippen LogP contribution in [0.4, 0.5) is 5.69 Å². The average molecular weight is 719 g/mol. The molecule has 0 spiro atoms. The zero-order valence-electron chi connectivity index (χ0n) is 28.6. The highest BCUT2D eigenvalue weighted by Crippen LogP contribution is 2.39. The minimum atomic E-state index is 0. The fraction of sp³-hybridized carbons (Fsp3) is 0.650. The number of hydrogen-bond acceptors (Lipinski definition) is 3. The van der Waals surface area contributed by atoms with Gasteiger partial charge in [-0.25, -0.2) is 4.98 Å². The predicted molar refractivity (Wildman–Crippen MR) is 208 cm³/mol. The highest BCUT2D eigenvalue weighted by molar-refractivity contribution is 14.0. The van der Waals surface area contributed by atoms with Crippen molar-refractivity contribution in [1.82, 2.24) is 4.98 Å². The lowest BCUT2D eigenvalue weighted by atomic mass is 9.72. The lowest BCUT2D eigenvalue weighted by Crippen LogP contribution is -2.43. The van der Waals surface area contributed by atoms with Gasteiger partial charge in [-0.05, 0) is 92.9 Å². The molecule has 0 N–H and O–H groups in total. The Morgan fingerprint density at radius 1 is 1.11 bits per heavy atom. The van der Waals surface area contributed by atoms with Gasteiger partial charge in [-0.2, -0.15) is 0 Å². The number of ketones is 1. The number of aromatic nitrogens is 1. The highest BCUT2D eigenvalue weighted by Gasteiger charge is 2.34.